The first kappa shape index (κ1) is 18.8. The van der Waals surface area contributed by atoms with Crippen molar-refractivity contribution in [3.63, 3.8) is 0 Å². The Labute approximate surface area is 155 Å². The van der Waals surface area contributed by atoms with Crippen LogP contribution in [-0.2, 0) is 4.79 Å². The van der Waals surface area contributed by atoms with Gasteiger partial charge in [0, 0.05) is 11.6 Å². The molecule has 0 unspecified atom stereocenters. The second-order valence-electron chi connectivity index (χ2n) is 5.66. The van der Waals surface area contributed by atoms with Crippen LogP contribution in [0.1, 0.15) is 11.6 Å². The zero-order valence-corrected chi connectivity index (χ0v) is 16.0. The molecule has 2 rings (SSSR count). The van der Waals surface area contributed by atoms with Crippen LogP contribution in [0, 0.1) is 0 Å². The van der Waals surface area contributed by atoms with Crippen LogP contribution in [0.15, 0.2) is 53.0 Å². The maximum absolute atomic E-state index is 12.3. The summed E-state index contributed by atoms with van der Waals surface area (Å²) in [4.78, 5) is 14.3. The third-order valence-electron chi connectivity index (χ3n) is 3.34. The lowest BCUT2D eigenvalue weighted by molar-refractivity contribution is -0.124. The zero-order chi connectivity index (χ0) is 17.5. The van der Waals surface area contributed by atoms with Crippen LogP contribution in [0.25, 0.3) is 0 Å². The van der Waals surface area contributed by atoms with Crippen molar-refractivity contribution in [3.05, 3.63) is 63.6 Å². The lowest BCUT2D eigenvalue weighted by atomic mass is 10.1. The molecule has 0 bridgehead atoms. The molecule has 0 heterocycles. The Morgan fingerprint density at radius 3 is 2.58 bits per heavy atom. The molecule has 0 saturated carbocycles. The van der Waals surface area contributed by atoms with E-state index in [2.05, 4.69) is 21.2 Å². The molecule has 1 atom stereocenters. The van der Waals surface area contributed by atoms with Gasteiger partial charge in [0.05, 0.1) is 10.5 Å². The van der Waals surface area contributed by atoms with Crippen LogP contribution in [0.2, 0.25) is 5.02 Å². The molecule has 1 amide bonds. The molecule has 2 aromatic carbocycles. The number of nitrogens with one attached hydrogen (secondary N) is 1. The van der Waals surface area contributed by atoms with Crippen LogP contribution in [0.4, 0.5) is 0 Å². The van der Waals surface area contributed by atoms with E-state index in [0.717, 1.165) is 10.0 Å². The van der Waals surface area contributed by atoms with Crippen molar-refractivity contribution in [2.45, 2.75) is 6.04 Å². The second-order valence-corrected chi connectivity index (χ2v) is 6.95. The topological polar surface area (TPSA) is 41.6 Å². The predicted molar refractivity (Wildman–Crippen MR) is 101 cm³/mol. The van der Waals surface area contributed by atoms with E-state index < -0.39 is 0 Å². The van der Waals surface area contributed by atoms with Crippen molar-refractivity contribution in [1.82, 2.24) is 10.2 Å². The molecule has 6 heteroatoms. The summed E-state index contributed by atoms with van der Waals surface area (Å²) in [5.74, 6) is 0.408. The van der Waals surface area contributed by atoms with Gasteiger partial charge in [-0.1, -0.05) is 41.9 Å². The van der Waals surface area contributed by atoms with E-state index in [1.807, 2.05) is 49.3 Å². The summed E-state index contributed by atoms with van der Waals surface area (Å²) in [5.41, 5.74) is 1.06. The molecule has 0 aliphatic heterocycles. The lowest BCUT2D eigenvalue weighted by Gasteiger charge is -2.23. The fourth-order valence-corrected chi connectivity index (χ4v) is 3.05. The molecule has 1 N–H and O–H groups in total. The van der Waals surface area contributed by atoms with Crippen molar-refractivity contribution in [2.75, 3.05) is 27.2 Å². The molecule has 0 spiro atoms. The Bertz CT molecular complexity index is 680. The van der Waals surface area contributed by atoms with E-state index in [9.17, 15) is 4.79 Å². The van der Waals surface area contributed by atoms with Gasteiger partial charge in [0.2, 0.25) is 0 Å². The van der Waals surface area contributed by atoms with E-state index >= 15 is 0 Å². The van der Waals surface area contributed by atoms with Gasteiger partial charge in [-0.2, -0.15) is 0 Å². The fraction of sp³-hybridized carbons (Fsp3) is 0.278. The summed E-state index contributed by atoms with van der Waals surface area (Å²) >= 11 is 9.26. The number of rotatable bonds is 7. The molecular formula is C18H20BrClN2O2. The number of amides is 1. The van der Waals surface area contributed by atoms with Gasteiger partial charge in [-0.15, -0.1) is 0 Å². The smallest absolute Gasteiger partial charge is 0.258 e. The van der Waals surface area contributed by atoms with E-state index in [0.29, 0.717) is 17.3 Å². The summed E-state index contributed by atoms with van der Waals surface area (Å²) in [6, 6.07) is 15.0. The number of carbonyl (C=O) groups excluding carboxylic acids is 1. The Balaban J connectivity index is 1.97. The third kappa shape index (κ3) is 5.82. The maximum atomic E-state index is 12.3. The van der Waals surface area contributed by atoms with Crippen LogP contribution in [0.5, 0.6) is 5.75 Å². The minimum Gasteiger partial charge on any atom is -0.483 e. The number of halogens is 2. The van der Waals surface area contributed by atoms with Gasteiger partial charge in [0.25, 0.3) is 5.91 Å². The van der Waals surface area contributed by atoms with Gasteiger partial charge >= 0.3 is 0 Å². The SMILES string of the molecule is CN(C)C[C@@H](NC(=O)COc1ccc(Cl)cc1Br)c1ccccc1. The Morgan fingerprint density at radius 1 is 1.25 bits per heavy atom. The molecule has 0 aromatic heterocycles. The first-order valence-electron chi connectivity index (χ1n) is 7.52. The number of nitrogens with zero attached hydrogens (tertiary/aromatic N) is 1. The van der Waals surface area contributed by atoms with Crippen LogP contribution < -0.4 is 10.1 Å². The summed E-state index contributed by atoms with van der Waals surface area (Å²) in [6.07, 6.45) is 0. The molecule has 0 radical (unpaired) electrons. The molecule has 2 aromatic rings. The average molecular weight is 412 g/mol. The first-order chi connectivity index (χ1) is 11.5. The molecule has 128 valence electrons. The van der Waals surface area contributed by atoms with Gasteiger partial charge in [-0.3, -0.25) is 4.79 Å². The molecule has 24 heavy (non-hydrogen) atoms. The van der Waals surface area contributed by atoms with Crippen molar-refractivity contribution in [1.29, 1.82) is 0 Å². The number of likely N-dealkylation sites (N-methyl/N-ethyl adjacent to an activating group) is 1. The molecule has 0 fully saturated rings. The summed E-state index contributed by atoms with van der Waals surface area (Å²) < 4.78 is 6.28. The number of hydrogen-bond acceptors (Lipinski definition) is 3. The van der Waals surface area contributed by atoms with Crippen molar-refractivity contribution in [2.24, 2.45) is 0 Å². The predicted octanol–water partition coefficient (Wildman–Crippen LogP) is 3.90. The third-order valence-corrected chi connectivity index (χ3v) is 4.19. The number of ether oxygens (including phenoxy) is 1. The maximum Gasteiger partial charge on any atom is 0.258 e. The van der Waals surface area contributed by atoms with E-state index in [1.165, 1.54) is 0 Å². The Hall–Kier alpha value is -1.56. The fourth-order valence-electron chi connectivity index (χ4n) is 2.26. The summed E-state index contributed by atoms with van der Waals surface area (Å²) in [5, 5.41) is 3.62. The standard InChI is InChI=1S/C18H20BrClN2O2/c1-22(2)11-16(13-6-4-3-5-7-13)21-18(23)12-24-17-9-8-14(20)10-15(17)19/h3-10,16H,11-12H2,1-2H3,(H,21,23)/t16-/m1/s1. The number of carbonyl (C=O) groups is 1. The van der Waals surface area contributed by atoms with Gasteiger partial charge in [0.1, 0.15) is 5.75 Å². The van der Waals surface area contributed by atoms with Gasteiger partial charge < -0.3 is 15.0 Å². The van der Waals surface area contributed by atoms with Gasteiger partial charge in [0.15, 0.2) is 6.61 Å². The largest absolute Gasteiger partial charge is 0.483 e. The zero-order valence-electron chi connectivity index (χ0n) is 13.6. The van der Waals surface area contributed by atoms with Crippen LogP contribution in [0.3, 0.4) is 0 Å². The van der Waals surface area contributed by atoms with E-state index in [1.54, 1.807) is 18.2 Å². The number of benzene rings is 2. The Kier molecular flexibility index (Phi) is 7.09. The van der Waals surface area contributed by atoms with E-state index in [4.69, 9.17) is 16.3 Å². The Morgan fingerprint density at radius 2 is 1.96 bits per heavy atom. The highest BCUT2D eigenvalue weighted by molar-refractivity contribution is 9.10. The monoisotopic (exact) mass is 410 g/mol. The normalized spacial score (nSPS) is 12.0. The first-order valence-corrected chi connectivity index (χ1v) is 8.69. The molecule has 0 aliphatic rings. The summed E-state index contributed by atoms with van der Waals surface area (Å²) in [7, 11) is 3.95. The minimum absolute atomic E-state index is 0.0585. The van der Waals surface area contributed by atoms with Gasteiger partial charge in [-0.05, 0) is 53.8 Å². The van der Waals surface area contributed by atoms with E-state index in [-0.39, 0.29) is 18.6 Å². The van der Waals surface area contributed by atoms with Crippen LogP contribution >= 0.6 is 27.5 Å². The van der Waals surface area contributed by atoms with Crippen molar-refractivity contribution >= 4 is 33.4 Å². The van der Waals surface area contributed by atoms with Gasteiger partial charge in [-0.25, -0.2) is 0 Å². The van der Waals surface area contributed by atoms with Crippen molar-refractivity contribution in [3.8, 4) is 5.75 Å². The summed E-state index contributed by atoms with van der Waals surface area (Å²) in [6.45, 7) is 0.650. The highest BCUT2D eigenvalue weighted by Crippen LogP contribution is 2.27. The highest BCUT2D eigenvalue weighted by atomic mass is 79.9. The van der Waals surface area contributed by atoms with Crippen molar-refractivity contribution < 1.29 is 9.53 Å². The van der Waals surface area contributed by atoms with Crippen LogP contribution in [-0.4, -0.2) is 38.1 Å². The highest BCUT2D eigenvalue weighted by Gasteiger charge is 2.16. The molecule has 0 saturated heterocycles. The number of hydrogen-bond donors (Lipinski definition) is 1. The molecule has 4 nitrogen and oxygen atoms in total. The average Bonchev–Trinajstić information content (AvgIpc) is 2.54. The second kappa shape index (κ2) is 9.06. The lowest BCUT2D eigenvalue weighted by Crippen LogP contribution is -2.37. The minimum atomic E-state index is -0.174. The molecular weight excluding hydrogens is 392 g/mol. The molecule has 0 aliphatic carbocycles. The quantitative estimate of drug-likeness (QED) is 0.751.